The summed E-state index contributed by atoms with van der Waals surface area (Å²) in [6.45, 7) is 0.713. The molecule has 3 aromatic rings. The van der Waals surface area contributed by atoms with Gasteiger partial charge in [-0.25, -0.2) is 13.2 Å². The molecule has 3 N–H and O–H groups in total. The van der Waals surface area contributed by atoms with Crippen molar-refractivity contribution < 1.29 is 27.6 Å². The molecular formula is C28H26N6O6S. The summed E-state index contributed by atoms with van der Waals surface area (Å²) in [6.07, 6.45) is 2.97. The molecule has 2 atom stereocenters. The number of aromatic nitrogens is 1. The number of likely N-dealkylation sites (tertiary alicyclic amines) is 1. The van der Waals surface area contributed by atoms with Crippen LogP contribution in [0.25, 0.3) is 0 Å². The summed E-state index contributed by atoms with van der Waals surface area (Å²) in [7, 11) is -3.32. The van der Waals surface area contributed by atoms with E-state index in [2.05, 4.69) is 20.9 Å². The number of anilines is 1. The van der Waals surface area contributed by atoms with Gasteiger partial charge in [-0.15, -0.1) is 0 Å². The first-order valence-electron chi connectivity index (χ1n) is 13.0. The maximum Gasteiger partial charge on any atom is 0.322 e. The van der Waals surface area contributed by atoms with Crippen molar-refractivity contribution in [2.75, 3.05) is 30.3 Å². The van der Waals surface area contributed by atoms with E-state index in [1.54, 1.807) is 60.7 Å². The molecule has 41 heavy (non-hydrogen) atoms. The second-order valence-corrected chi connectivity index (χ2v) is 12.3. The highest BCUT2D eigenvalue weighted by molar-refractivity contribution is 7.91. The van der Waals surface area contributed by atoms with Gasteiger partial charge in [0.25, 0.3) is 17.7 Å². The molecule has 0 bridgehead atoms. The van der Waals surface area contributed by atoms with Gasteiger partial charge in [0, 0.05) is 43.2 Å². The molecule has 0 saturated carbocycles. The number of fused-ring (bicyclic) bond motifs is 1. The minimum absolute atomic E-state index is 0.00988. The first-order valence-corrected chi connectivity index (χ1v) is 14.6. The minimum Gasteiger partial charge on any atom is -0.365 e. The molecule has 2 aromatic carbocycles. The number of carbonyl (C=O) groups is 4. The molecule has 0 radical (unpaired) electrons. The van der Waals surface area contributed by atoms with Gasteiger partial charge in [0.15, 0.2) is 15.4 Å². The zero-order valence-corrected chi connectivity index (χ0v) is 22.6. The van der Waals surface area contributed by atoms with Gasteiger partial charge in [-0.05, 0) is 42.0 Å². The van der Waals surface area contributed by atoms with Crippen LogP contribution in [0.2, 0.25) is 0 Å². The number of nitrogens with one attached hydrogen (secondary N) is 3. The molecule has 4 heterocycles. The fourth-order valence-corrected chi connectivity index (χ4v) is 7.03. The van der Waals surface area contributed by atoms with Gasteiger partial charge < -0.3 is 20.4 Å². The van der Waals surface area contributed by atoms with E-state index in [0.29, 0.717) is 34.8 Å². The lowest BCUT2D eigenvalue weighted by Gasteiger charge is -2.31. The molecule has 1 spiro atoms. The first-order chi connectivity index (χ1) is 19.7. The molecule has 3 aliphatic heterocycles. The van der Waals surface area contributed by atoms with E-state index in [1.807, 2.05) is 4.90 Å². The third kappa shape index (κ3) is 4.78. The Labute approximate surface area is 235 Å². The van der Waals surface area contributed by atoms with Crippen LogP contribution in [0.3, 0.4) is 0 Å². The summed E-state index contributed by atoms with van der Waals surface area (Å²) in [4.78, 5) is 58.9. The highest BCUT2D eigenvalue weighted by Crippen LogP contribution is 2.31. The highest BCUT2D eigenvalue weighted by Gasteiger charge is 2.58. The Hall–Kier alpha value is -4.78. The number of hydrogen-bond donors (Lipinski definition) is 3. The van der Waals surface area contributed by atoms with Crippen LogP contribution in [0, 0.1) is 0 Å². The number of urea groups is 1. The van der Waals surface area contributed by atoms with Crippen molar-refractivity contribution in [3.8, 4) is 0 Å². The smallest absolute Gasteiger partial charge is 0.322 e. The molecule has 0 aliphatic carbocycles. The SMILES string of the molecule is O=C1NC(=O)[C@@]2(CN(C(=O)c3ccncc3)C[C@H]2NC(=O)c2ccc(CN3CCS(=O)(=O)c4ccccc43)cc2)N1. The van der Waals surface area contributed by atoms with Gasteiger partial charge in [-0.3, -0.25) is 24.7 Å². The van der Waals surface area contributed by atoms with Crippen LogP contribution in [0.15, 0.2) is 78.0 Å². The Kier molecular flexibility index (Phi) is 6.45. The topological polar surface area (TPSA) is 158 Å². The van der Waals surface area contributed by atoms with Crippen molar-refractivity contribution >= 4 is 39.3 Å². The Bertz CT molecular complexity index is 1660. The number of imide groups is 1. The van der Waals surface area contributed by atoms with Crippen LogP contribution in [0.1, 0.15) is 26.3 Å². The number of pyridine rings is 1. The van der Waals surface area contributed by atoms with Gasteiger partial charge in [-0.2, -0.15) is 0 Å². The largest absolute Gasteiger partial charge is 0.365 e. The van der Waals surface area contributed by atoms with Crippen molar-refractivity contribution in [2.24, 2.45) is 0 Å². The molecule has 6 rings (SSSR count). The average Bonchev–Trinajstić information content (AvgIpc) is 3.48. The summed E-state index contributed by atoms with van der Waals surface area (Å²) in [6, 6.07) is 15.3. The molecule has 5 amide bonds. The van der Waals surface area contributed by atoms with Crippen LogP contribution in [-0.2, 0) is 21.2 Å². The van der Waals surface area contributed by atoms with E-state index in [4.69, 9.17) is 0 Å². The van der Waals surface area contributed by atoms with Crippen LogP contribution in [0.5, 0.6) is 0 Å². The lowest BCUT2D eigenvalue weighted by molar-refractivity contribution is -0.124. The van der Waals surface area contributed by atoms with Crippen LogP contribution in [-0.4, -0.2) is 79.0 Å². The number of sulfone groups is 1. The summed E-state index contributed by atoms with van der Waals surface area (Å²) >= 11 is 0. The highest BCUT2D eigenvalue weighted by atomic mass is 32.2. The molecule has 2 fully saturated rings. The predicted octanol–water partition coefficient (Wildman–Crippen LogP) is 0.708. The lowest BCUT2D eigenvalue weighted by Crippen LogP contribution is -2.62. The van der Waals surface area contributed by atoms with Crippen LogP contribution < -0.4 is 20.9 Å². The van der Waals surface area contributed by atoms with E-state index in [0.717, 1.165) is 5.56 Å². The van der Waals surface area contributed by atoms with Gasteiger partial charge in [0.1, 0.15) is 0 Å². The zero-order valence-electron chi connectivity index (χ0n) is 21.7. The van der Waals surface area contributed by atoms with Crippen molar-refractivity contribution in [1.82, 2.24) is 25.8 Å². The predicted molar refractivity (Wildman–Crippen MR) is 147 cm³/mol. The third-order valence-corrected chi connectivity index (χ3v) is 9.42. The Morgan fingerprint density at radius 3 is 2.44 bits per heavy atom. The second-order valence-electron chi connectivity index (χ2n) is 10.2. The van der Waals surface area contributed by atoms with Gasteiger partial charge in [0.05, 0.1) is 28.9 Å². The van der Waals surface area contributed by atoms with Gasteiger partial charge in [-0.1, -0.05) is 24.3 Å². The summed E-state index contributed by atoms with van der Waals surface area (Å²) in [5, 5.41) is 7.68. The molecule has 3 aliphatic rings. The van der Waals surface area contributed by atoms with Crippen LogP contribution in [0.4, 0.5) is 10.5 Å². The minimum atomic E-state index is -3.32. The lowest BCUT2D eigenvalue weighted by atomic mass is 9.93. The molecular weight excluding hydrogens is 548 g/mol. The zero-order chi connectivity index (χ0) is 28.8. The van der Waals surface area contributed by atoms with E-state index in [1.165, 1.54) is 17.3 Å². The van der Waals surface area contributed by atoms with E-state index < -0.39 is 39.3 Å². The van der Waals surface area contributed by atoms with Gasteiger partial charge in [0.2, 0.25) is 0 Å². The van der Waals surface area contributed by atoms with Crippen molar-refractivity contribution in [3.63, 3.8) is 0 Å². The van der Waals surface area contributed by atoms with E-state index in [-0.39, 0.29) is 24.7 Å². The molecule has 0 unspecified atom stereocenters. The normalized spacial score (nSPS) is 22.7. The number of hydrogen-bond acceptors (Lipinski definition) is 8. The molecule has 12 nitrogen and oxygen atoms in total. The standard InChI is InChI=1S/C28H26N6O6S/c35-24(19-7-5-18(6-8-19)15-33-13-14-41(39,40)22-4-2-1-3-21(22)33)30-23-16-34(25(36)20-9-11-29-12-10-20)17-28(23)26(37)31-27(38)32-28/h1-12,23H,13-17H2,(H,30,35)(H2,31,32,37,38)/t23-,28+/m1/s1. The van der Waals surface area contributed by atoms with E-state index >= 15 is 0 Å². The van der Waals surface area contributed by atoms with Crippen LogP contribution >= 0.6 is 0 Å². The number of carbonyl (C=O) groups excluding carboxylic acids is 4. The maximum absolute atomic E-state index is 13.3. The number of nitrogens with zero attached hydrogens (tertiary/aromatic N) is 3. The molecule has 210 valence electrons. The van der Waals surface area contributed by atoms with Crippen molar-refractivity contribution in [2.45, 2.75) is 23.0 Å². The van der Waals surface area contributed by atoms with E-state index in [9.17, 15) is 27.6 Å². The number of benzene rings is 2. The summed E-state index contributed by atoms with van der Waals surface area (Å²) in [5.41, 5.74) is 0.724. The monoisotopic (exact) mass is 574 g/mol. The molecule has 2 saturated heterocycles. The fourth-order valence-electron chi connectivity index (χ4n) is 5.54. The number of amides is 5. The Morgan fingerprint density at radius 1 is 1.00 bits per heavy atom. The quantitative estimate of drug-likeness (QED) is 0.376. The van der Waals surface area contributed by atoms with Crippen molar-refractivity contribution in [1.29, 1.82) is 0 Å². The Morgan fingerprint density at radius 2 is 1.73 bits per heavy atom. The molecule has 13 heteroatoms. The van der Waals surface area contributed by atoms with Crippen molar-refractivity contribution in [3.05, 3.63) is 89.7 Å². The average molecular weight is 575 g/mol. The molecule has 1 aromatic heterocycles. The first kappa shape index (κ1) is 26.4. The maximum atomic E-state index is 13.3. The summed E-state index contributed by atoms with van der Waals surface area (Å²) < 4.78 is 24.9. The third-order valence-electron chi connectivity index (χ3n) is 7.69. The van der Waals surface area contributed by atoms with Gasteiger partial charge >= 0.3 is 6.03 Å². The number of para-hydroxylation sites is 1. The summed E-state index contributed by atoms with van der Waals surface area (Å²) in [5.74, 6) is -1.41. The Balaban J connectivity index is 1.18. The second kappa shape index (κ2) is 10.0. The fraction of sp³-hybridized carbons (Fsp3) is 0.250. The number of rotatable bonds is 5.